The molecule has 0 bridgehead atoms. The highest BCUT2D eigenvalue weighted by Crippen LogP contribution is 2.28. The highest BCUT2D eigenvalue weighted by molar-refractivity contribution is 8.13. The molecule has 0 fully saturated rings. The van der Waals surface area contributed by atoms with Crippen LogP contribution in [0.1, 0.15) is 19.4 Å². The molecule has 0 saturated carbocycles. The Bertz CT molecular complexity index is 565. The van der Waals surface area contributed by atoms with E-state index in [1.54, 1.807) is 19.9 Å². The van der Waals surface area contributed by atoms with Crippen molar-refractivity contribution >= 4 is 25.7 Å². The molecular weight excluding hydrogens is 292 g/mol. The van der Waals surface area contributed by atoms with Crippen molar-refractivity contribution in [3.63, 3.8) is 0 Å². The number of rotatable bonds is 5. The number of esters is 1. The predicted octanol–water partition coefficient (Wildman–Crippen LogP) is 2.12. The van der Waals surface area contributed by atoms with Crippen LogP contribution in [0, 0.1) is 0 Å². The second-order valence-electron chi connectivity index (χ2n) is 4.14. The number of halogens is 1. The largest absolute Gasteiger partial charge is 0.495 e. The van der Waals surface area contributed by atoms with Gasteiger partial charge in [0.1, 0.15) is 10.6 Å². The zero-order chi connectivity index (χ0) is 14.6. The molecule has 0 aliphatic carbocycles. The molecule has 5 nitrogen and oxygen atoms in total. The Morgan fingerprint density at radius 1 is 1.37 bits per heavy atom. The Balaban J connectivity index is 3.03. The van der Waals surface area contributed by atoms with Gasteiger partial charge in [-0.3, -0.25) is 4.79 Å². The van der Waals surface area contributed by atoms with E-state index in [-0.39, 0.29) is 23.2 Å². The zero-order valence-electron chi connectivity index (χ0n) is 10.8. The van der Waals surface area contributed by atoms with Crippen molar-refractivity contribution in [3.8, 4) is 5.75 Å². The van der Waals surface area contributed by atoms with Crippen molar-refractivity contribution in [1.82, 2.24) is 0 Å². The first-order valence-corrected chi connectivity index (χ1v) is 7.86. The van der Waals surface area contributed by atoms with E-state index < -0.39 is 15.0 Å². The molecular formula is C12H15ClO5S. The SMILES string of the molecule is COc1ccc(CC(=O)OC(C)C)cc1S(=O)(=O)Cl. The summed E-state index contributed by atoms with van der Waals surface area (Å²) in [7, 11) is 2.72. The number of methoxy groups -OCH3 is 1. The number of hydrogen-bond acceptors (Lipinski definition) is 5. The van der Waals surface area contributed by atoms with Crippen LogP contribution in [0.25, 0.3) is 0 Å². The number of ether oxygens (including phenoxy) is 2. The molecule has 7 heteroatoms. The van der Waals surface area contributed by atoms with Crippen molar-refractivity contribution in [2.75, 3.05) is 7.11 Å². The van der Waals surface area contributed by atoms with Gasteiger partial charge < -0.3 is 9.47 Å². The minimum atomic E-state index is -3.93. The van der Waals surface area contributed by atoms with Gasteiger partial charge in [-0.25, -0.2) is 8.42 Å². The van der Waals surface area contributed by atoms with E-state index >= 15 is 0 Å². The minimum Gasteiger partial charge on any atom is -0.495 e. The van der Waals surface area contributed by atoms with E-state index in [1.165, 1.54) is 19.2 Å². The van der Waals surface area contributed by atoms with Crippen LogP contribution in [0.2, 0.25) is 0 Å². The Morgan fingerprint density at radius 2 is 2.00 bits per heavy atom. The Morgan fingerprint density at radius 3 is 2.47 bits per heavy atom. The Hall–Kier alpha value is -1.27. The topological polar surface area (TPSA) is 69.7 Å². The number of carbonyl (C=O) groups is 1. The van der Waals surface area contributed by atoms with Crippen LogP contribution in [-0.2, 0) is 25.0 Å². The standard InChI is InChI=1S/C12H15ClO5S/c1-8(2)18-12(14)7-9-4-5-10(17-3)11(6-9)19(13,15)16/h4-6,8H,7H2,1-3H3. The number of carbonyl (C=O) groups excluding carboxylic acids is 1. The summed E-state index contributed by atoms with van der Waals surface area (Å²) in [5.74, 6) is -0.297. The molecule has 0 radical (unpaired) electrons. The molecule has 0 amide bonds. The zero-order valence-corrected chi connectivity index (χ0v) is 12.4. The summed E-state index contributed by atoms with van der Waals surface area (Å²) in [5, 5.41) is 0. The van der Waals surface area contributed by atoms with Crippen LogP contribution in [0.4, 0.5) is 0 Å². The van der Waals surface area contributed by atoms with Crippen LogP contribution >= 0.6 is 10.7 Å². The lowest BCUT2D eigenvalue weighted by atomic mass is 10.1. The van der Waals surface area contributed by atoms with E-state index in [0.29, 0.717) is 5.56 Å². The van der Waals surface area contributed by atoms with Crippen molar-refractivity contribution in [2.45, 2.75) is 31.3 Å². The summed E-state index contributed by atoms with van der Waals surface area (Å²) < 4.78 is 32.7. The van der Waals surface area contributed by atoms with E-state index in [4.69, 9.17) is 20.2 Å². The van der Waals surface area contributed by atoms with Gasteiger partial charge in [-0.2, -0.15) is 0 Å². The van der Waals surface area contributed by atoms with Gasteiger partial charge in [0.15, 0.2) is 0 Å². The summed E-state index contributed by atoms with van der Waals surface area (Å²) in [6, 6.07) is 4.35. The fourth-order valence-corrected chi connectivity index (χ4v) is 2.54. The van der Waals surface area contributed by atoms with E-state index in [0.717, 1.165) is 0 Å². The van der Waals surface area contributed by atoms with Crippen molar-refractivity contribution < 1.29 is 22.7 Å². The lowest BCUT2D eigenvalue weighted by Gasteiger charge is -2.10. The lowest BCUT2D eigenvalue weighted by Crippen LogP contribution is -2.13. The Labute approximate surface area is 116 Å². The highest BCUT2D eigenvalue weighted by atomic mass is 35.7. The lowest BCUT2D eigenvalue weighted by molar-refractivity contribution is -0.146. The third kappa shape index (κ3) is 4.72. The fraction of sp³-hybridized carbons (Fsp3) is 0.417. The maximum Gasteiger partial charge on any atom is 0.310 e. The maximum atomic E-state index is 11.5. The van der Waals surface area contributed by atoms with Crippen LogP contribution in [-0.4, -0.2) is 27.6 Å². The summed E-state index contributed by atoms with van der Waals surface area (Å²) in [5.41, 5.74) is 0.491. The fourth-order valence-electron chi connectivity index (χ4n) is 1.49. The third-order valence-corrected chi connectivity index (χ3v) is 3.55. The first kappa shape index (κ1) is 15.8. The first-order chi connectivity index (χ1) is 8.74. The minimum absolute atomic E-state index is 0.0262. The molecule has 1 aromatic rings. The second-order valence-corrected chi connectivity index (χ2v) is 6.67. The Kier molecular flexibility index (Phi) is 5.20. The molecule has 0 aliphatic heterocycles. The van der Waals surface area contributed by atoms with Gasteiger partial charge in [-0.1, -0.05) is 6.07 Å². The van der Waals surface area contributed by atoms with Gasteiger partial charge in [0.05, 0.1) is 19.6 Å². The maximum absolute atomic E-state index is 11.5. The van der Waals surface area contributed by atoms with Gasteiger partial charge in [0.25, 0.3) is 9.05 Å². The molecule has 19 heavy (non-hydrogen) atoms. The quantitative estimate of drug-likeness (QED) is 0.615. The van der Waals surface area contributed by atoms with Crippen LogP contribution in [0.15, 0.2) is 23.1 Å². The summed E-state index contributed by atoms with van der Waals surface area (Å²) in [4.78, 5) is 11.3. The summed E-state index contributed by atoms with van der Waals surface area (Å²) in [6.07, 6.45) is -0.247. The van der Waals surface area contributed by atoms with E-state index in [1.807, 2.05) is 0 Å². The second kappa shape index (κ2) is 6.25. The monoisotopic (exact) mass is 306 g/mol. The molecule has 0 unspecified atom stereocenters. The molecule has 0 saturated heterocycles. The normalized spacial score (nSPS) is 11.4. The molecule has 0 heterocycles. The van der Waals surface area contributed by atoms with Gasteiger partial charge in [-0.15, -0.1) is 0 Å². The van der Waals surface area contributed by atoms with Crippen molar-refractivity contribution in [3.05, 3.63) is 23.8 Å². The van der Waals surface area contributed by atoms with Crippen LogP contribution in [0.5, 0.6) is 5.75 Å². The summed E-state index contributed by atoms with van der Waals surface area (Å²) >= 11 is 0. The average Bonchev–Trinajstić information content (AvgIpc) is 2.26. The van der Waals surface area contributed by atoms with Crippen LogP contribution < -0.4 is 4.74 Å². The summed E-state index contributed by atoms with van der Waals surface area (Å²) in [6.45, 7) is 3.47. The molecule has 106 valence electrons. The average molecular weight is 307 g/mol. The van der Waals surface area contributed by atoms with Gasteiger partial charge in [0, 0.05) is 10.7 Å². The van der Waals surface area contributed by atoms with Gasteiger partial charge >= 0.3 is 5.97 Å². The van der Waals surface area contributed by atoms with Crippen molar-refractivity contribution in [2.24, 2.45) is 0 Å². The van der Waals surface area contributed by atoms with E-state index in [9.17, 15) is 13.2 Å². The smallest absolute Gasteiger partial charge is 0.310 e. The molecule has 0 aromatic heterocycles. The molecule has 0 spiro atoms. The predicted molar refractivity (Wildman–Crippen MR) is 71.0 cm³/mol. The molecule has 0 aliphatic rings. The van der Waals surface area contributed by atoms with Gasteiger partial charge in [0.2, 0.25) is 0 Å². The molecule has 0 N–H and O–H groups in total. The van der Waals surface area contributed by atoms with E-state index in [2.05, 4.69) is 0 Å². The molecule has 0 atom stereocenters. The van der Waals surface area contributed by atoms with Gasteiger partial charge in [-0.05, 0) is 31.5 Å². The highest BCUT2D eigenvalue weighted by Gasteiger charge is 2.18. The number of hydrogen-bond donors (Lipinski definition) is 0. The number of benzene rings is 1. The third-order valence-electron chi connectivity index (χ3n) is 2.21. The molecule has 1 rings (SSSR count). The van der Waals surface area contributed by atoms with Crippen LogP contribution in [0.3, 0.4) is 0 Å². The van der Waals surface area contributed by atoms with Crippen molar-refractivity contribution in [1.29, 1.82) is 0 Å². The molecule has 1 aromatic carbocycles. The first-order valence-electron chi connectivity index (χ1n) is 5.55.